The number of aromatic nitrogens is 4. The predicted octanol–water partition coefficient (Wildman–Crippen LogP) is 4.02. The second-order valence-electron chi connectivity index (χ2n) is 7.76. The number of nitrogens with zero attached hydrogens (tertiary/aromatic N) is 4. The highest BCUT2D eigenvalue weighted by molar-refractivity contribution is 7.98. The largest absolute Gasteiger partial charge is 0.348 e. The molecule has 0 saturated heterocycles. The predicted molar refractivity (Wildman–Crippen MR) is 118 cm³/mol. The zero-order valence-corrected chi connectivity index (χ0v) is 18.1. The first-order valence-corrected chi connectivity index (χ1v) is 11.4. The van der Waals surface area contributed by atoms with Gasteiger partial charge in [0.05, 0.1) is 17.7 Å². The van der Waals surface area contributed by atoms with Gasteiger partial charge in [0.2, 0.25) is 5.91 Å². The number of hydrogen-bond donors (Lipinski definition) is 1. The van der Waals surface area contributed by atoms with Gasteiger partial charge in [0, 0.05) is 19.0 Å². The summed E-state index contributed by atoms with van der Waals surface area (Å²) in [5, 5.41) is 12.6. The van der Waals surface area contributed by atoms with Gasteiger partial charge < -0.3 is 9.88 Å². The summed E-state index contributed by atoms with van der Waals surface area (Å²) in [6.07, 6.45) is 6.95. The van der Waals surface area contributed by atoms with Crippen LogP contribution in [0.25, 0.3) is 0 Å². The van der Waals surface area contributed by atoms with Gasteiger partial charge in [-0.1, -0.05) is 67.4 Å². The van der Waals surface area contributed by atoms with E-state index in [1.165, 1.54) is 6.42 Å². The molecule has 30 heavy (non-hydrogen) atoms. The minimum absolute atomic E-state index is 0.0964. The van der Waals surface area contributed by atoms with Crippen molar-refractivity contribution in [3.8, 4) is 0 Å². The van der Waals surface area contributed by atoms with Gasteiger partial charge >= 0.3 is 0 Å². The fourth-order valence-electron chi connectivity index (χ4n) is 4.13. The molecule has 0 atom stereocenters. The van der Waals surface area contributed by atoms with Crippen molar-refractivity contribution in [1.29, 1.82) is 0 Å². The molecular weight excluding hydrogens is 394 g/mol. The molecule has 2 heterocycles. The van der Waals surface area contributed by atoms with Gasteiger partial charge in [-0.05, 0) is 30.5 Å². The molecule has 1 fully saturated rings. The molecule has 1 aromatic carbocycles. The number of rotatable bonds is 7. The van der Waals surface area contributed by atoms with E-state index in [9.17, 15) is 4.79 Å². The van der Waals surface area contributed by atoms with Gasteiger partial charge in [-0.3, -0.25) is 9.78 Å². The maximum atomic E-state index is 13.3. The molecule has 7 heteroatoms. The summed E-state index contributed by atoms with van der Waals surface area (Å²) >= 11 is 1.59. The number of nitrogens with one attached hydrogen (secondary N) is 1. The van der Waals surface area contributed by atoms with Gasteiger partial charge in [-0.2, -0.15) is 0 Å². The van der Waals surface area contributed by atoms with Crippen molar-refractivity contribution in [1.82, 2.24) is 25.1 Å². The minimum Gasteiger partial charge on any atom is -0.348 e. The number of benzene rings is 1. The Morgan fingerprint density at radius 1 is 1.07 bits per heavy atom. The maximum Gasteiger partial charge on any atom is 0.231 e. The van der Waals surface area contributed by atoms with Crippen LogP contribution in [-0.2, 0) is 29.6 Å². The normalized spacial score (nSPS) is 15.6. The Labute approximate surface area is 181 Å². The Hall–Kier alpha value is -2.67. The fourth-order valence-corrected chi connectivity index (χ4v) is 4.98. The van der Waals surface area contributed by atoms with Crippen molar-refractivity contribution in [2.45, 2.75) is 55.0 Å². The lowest BCUT2D eigenvalue weighted by molar-refractivity contribution is -0.128. The van der Waals surface area contributed by atoms with E-state index in [1.807, 2.05) is 48.0 Å². The van der Waals surface area contributed by atoms with E-state index in [1.54, 1.807) is 18.0 Å². The van der Waals surface area contributed by atoms with Crippen molar-refractivity contribution in [3.05, 3.63) is 71.8 Å². The van der Waals surface area contributed by atoms with E-state index in [2.05, 4.69) is 32.6 Å². The molecule has 0 unspecified atom stereocenters. The highest BCUT2D eigenvalue weighted by atomic mass is 32.2. The molecular formula is C23H27N5OS. The van der Waals surface area contributed by atoms with Crippen LogP contribution in [0.3, 0.4) is 0 Å². The molecule has 1 N–H and O–H groups in total. The van der Waals surface area contributed by atoms with Crippen LogP contribution >= 0.6 is 11.8 Å². The van der Waals surface area contributed by atoms with Gasteiger partial charge in [0.15, 0.2) is 11.0 Å². The Balaban J connectivity index is 1.42. The van der Waals surface area contributed by atoms with E-state index in [-0.39, 0.29) is 5.91 Å². The molecule has 0 bridgehead atoms. The lowest BCUT2D eigenvalue weighted by atomic mass is 9.68. The molecule has 156 valence electrons. The lowest BCUT2D eigenvalue weighted by Crippen LogP contribution is -2.45. The van der Waals surface area contributed by atoms with Crippen molar-refractivity contribution >= 4 is 17.7 Å². The molecule has 3 aromatic rings. The van der Waals surface area contributed by atoms with Crippen LogP contribution in [0.5, 0.6) is 0 Å². The van der Waals surface area contributed by atoms with Crippen molar-refractivity contribution < 1.29 is 4.79 Å². The van der Waals surface area contributed by atoms with Crippen LogP contribution in [-0.4, -0.2) is 25.7 Å². The zero-order valence-electron chi connectivity index (χ0n) is 17.3. The van der Waals surface area contributed by atoms with E-state index in [0.29, 0.717) is 6.54 Å². The van der Waals surface area contributed by atoms with Gasteiger partial charge in [0.25, 0.3) is 0 Å². The molecule has 4 rings (SSSR count). The van der Waals surface area contributed by atoms with Crippen molar-refractivity contribution in [2.75, 3.05) is 0 Å². The fraction of sp³-hybridized carbons (Fsp3) is 0.391. The molecule has 0 spiro atoms. The summed E-state index contributed by atoms with van der Waals surface area (Å²) in [5.41, 5.74) is 1.68. The highest BCUT2D eigenvalue weighted by Crippen LogP contribution is 2.39. The molecule has 1 saturated carbocycles. The van der Waals surface area contributed by atoms with E-state index in [4.69, 9.17) is 0 Å². The monoisotopic (exact) mass is 421 g/mol. The average Bonchev–Trinajstić information content (AvgIpc) is 3.17. The first-order valence-electron chi connectivity index (χ1n) is 10.4. The standard InChI is InChI=1S/C23H27N5OS/c1-28-20(26-27-22(28)30-17-19-12-6-9-15-24-19)16-25-21(29)23(13-7-3-8-14-23)18-10-4-2-5-11-18/h2,4-6,9-12,15H,3,7-8,13-14,16-17H2,1H3,(H,25,29). The summed E-state index contributed by atoms with van der Waals surface area (Å²) in [6, 6.07) is 16.1. The third kappa shape index (κ3) is 4.41. The first-order chi connectivity index (χ1) is 14.7. The molecule has 6 nitrogen and oxygen atoms in total. The summed E-state index contributed by atoms with van der Waals surface area (Å²) in [5.74, 6) is 1.58. The van der Waals surface area contributed by atoms with Crippen molar-refractivity contribution in [3.63, 3.8) is 0 Å². The number of carbonyl (C=O) groups excluding carboxylic acids is 1. The first kappa shape index (κ1) is 20.6. The Kier molecular flexibility index (Phi) is 6.47. The number of amides is 1. The quantitative estimate of drug-likeness (QED) is 0.583. The van der Waals surface area contributed by atoms with Crippen molar-refractivity contribution in [2.24, 2.45) is 7.05 Å². The smallest absolute Gasteiger partial charge is 0.231 e. The third-order valence-corrected chi connectivity index (χ3v) is 6.93. The molecule has 1 aliphatic carbocycles. The Morgan fingerprint density at radius 3 is 2.57 bits per heavy atom. The van der Waals surface area contributed by atoms with Crippen LogP contribution < -0.4 is 5.32 Å². The average molecular weight is 422 g/mol. The number of pyridine rings is 1. The van der Waals surface area contributed by atoms with Crippen LogP contribution in [0.15, 0.2) is 59.9 Å². The minimum atomic E-state index is -0.436. The van der Waals surface area contributed by atoms with Crippen LogP contribution in [0, 0.1) is 0 Å². The molecule has 1 amide bonds. The van der Waals surface area contributed by atoms with Crippen LogP contribution in [0.4, 0.5) is 0 Å². The van der Waals surface area contributed by atoms with Crippen LogP contribution in [0.2, 0.25) is 0 Å². The van der Waals surface area contributed by atoms with E-state index < -0.39 is 5.41 Å². The third-order valence-electron chi connectivity index (χ3n) is 5.88. The van der Waals surface area contributed by atoms with Crippen LogP contribution in [0.1, 0.15) is 49.2 Å². The van der Waals surface area contributed by atoms with Gasteiger partial charge in [0.1, 0.15) is 0 Å². The van der Waals surface area contributed by atoms with Gasteiger partial charge in [-0.25, -0.2) is 0 Å². The Bertz CT molecular complexity index is 968. The molecule has 2 aromatic heterocycles. The molecule has 0 radical (unpaired) electrons. The summed E-state index contributed by atoms with van der Waals surface area (Å²) in [4.78, 5) is 17.7. The second kappa shape index (κ2) is 9.43. The summed E-state index contributed by atoms with van der Waals surface area (Å²) < 4.78 is 1.95. The van der Waals surface area contributed by atoms with E-state index >= 15 is 0 Å². The molecule has 0 aliphatic heterocycles. The van der Waals surface area contributed by atoms with Gasteiger partial charge in [-0.15, -0.1) is 10.2 Å². The number of hydrogen-bond acceptors (Lipinski definition) is 5. The maximum absolute atomic E-state index is 13.3. The topological polar surface area (TPSA) is 72.7 Å². The highest BCUT2D eigenvalue weighted by Gasteiger charge is 2.40. The second-order valence-corrected chi connectivity index (χ2v) is 8.70. The lowest BCUT2D eigenvalue weighted by Gasteiger charge is -2.36. The summed E-state index contributed by atoms with van der Waals surface area (Å²) in [7, 11) is 1.94. The van der Waals surface area contributed by atoms with E-state index in [0.717, 1.165) is 53.7 Å². The summed E-state index contributed by atoms with van der Waals surface area (Å²) in [6.45, 7) is 0.376. The molecule has 1 aliphatic rings. The Morgan fingerprint density at radius 2 is 1.83 bits per heavy atom. The number of carbonyl (C=O) groups is 1. The number of thioether (sulfide) groups is 1. The zero-order chi connectivity index (χ0) is 20.8. The SMILES string of the molecule is Cn1c(CNC(=O)C2(c3ccccc3)CCCCC2)nnc1SCc1ccccn1.